The summed E-state index contributed by atoms with van der Waals surface area (Å²) in [6, 6.07) is 0. The molecule has 1 aliphatic rings. The van der Waals surface area contributed by atoms with Crippen molar-refractivity contribution < 1.29 is 22.1 Å². The van der Waals surface area contributed by atoms with E-state index in [1.165, 1.54) is 7.11 Å². The third-order valence-corrected chi connectivity index (χ3v) is 6.21. The molecule has 0 unspecified atom stereocenters. The van der Waals surface area contributed by atoms with Gasteiger partial charge in [0.05, 0.1) is 42.2 Å². The van der Waals surface area contributed by atoms with Gasteiger partial charge in [-0.3, -0.25) is 9.19 Å². The quantitative estimate of drug-likeness (QED) is 0.746. The lowest BCUT2D eigenvalue weighted by Gasteiger charge is -2.11. The fraction of sp³-hybridized carbons (Fsp3) is 0.353. The molecule has 0 radical (unpaired) electrons. The van der Waals surface area contributed by atoms with E-state index in [0.29, 0.717) is 22.9 Å². The minimum Gasteiger partial charge on any atom is -0.501 e. The fourth-order valence-electron chi connectivity index (χ4n) is 2.92. The summed E-state index contributed by atoms with van der Waals surface area (Å²) in [5.74, 6) is 1.33. The smallest absolute Gasteiger partial charge is 0.220 e. The fourth-order valence-corrected chi connectivity index (χ4v) is 4.59. The molecule has 3 rings (SSSR count). The second-order valence-electron chi connectivity index (χ2n) is 5.99. The second kappa shape index (κ2) is 7.65. The van der Waals surface area contributed by atoms with E-state index in [1.807, 2.05) is 13.8 Å². The SMILES string of the molecule is COC1=Cc2[nH]c([S@](=O)Cc3ncc(C)c(OC)c3C)nc2C(=S(=O)=O)C1. The molecule has 27 heavy (non-hydrogen) atoms. The number of hydrogen-bond donors (Lipinski definition) is 1. The molecule has 1 aliphatic carbocycles. The molecule has 0 amide bonds. The Hall–Kier alpha value is -2.46. The number of aromatic amines is 1. The van der Waals surface area contributed by atoms with Crippen LogP contribution in [0.15, 0.2) is 17.1 Å². The maximum atomic E-state index is 12.8. The van der Waals surface area contributed by atoms with Crippen LogP contribution in [0.2, 0.25) is 0 Å². The summed E-state index contributed by atoms with van der Waals surface area (Å²) in [4.78, 5) is 11.7. The van der Waals surface area contributed by atoms with Crippen LogP contribution < -0.4 is 4.74 Å². The van der Waals surface area contributed by atoms with Crippen molar-refractivity contribution >= 4 is 32.0 Å². The highest BCUT2D eigenvalue weighted by atomic mass is 32.2. The number of hydrogen-bond acceptors (Lipinski definition) is 7. The average Bonchev–Trinajstić information content (AvgIpc) is 3.07. The number of pyridine rings is 1. The predicted molar refractivity (Wildman–Crippen MR) is 102 cm³/mol. The molecule has 0 aromatic carbocycles. The molecule has 0 fully saturated rings. The van der Waals surface area contributed by atoms with Gasteiger partial charge in [0.15, 0.2) is 5.16 Å². The second-order valence-corrected chi connectivity index (χ2v) is 8.32. The van der Waals surface area contributed by atoms with Crippen LogP contribution in [0, 0.1) is 13.8 Å². The number of ether oxygens (including phenoxy) is 2. The summed E-state index contributed by atoms with van der Waals surface area (Å²) < 4.78 is 46.4. The van der Waals surface area contributed by atoms with Crippen molar-refractivity contribution in [3.63, 3.8) is 0 Å². The van der Waals surface area contributed by atoms with Gasteiger partial charge in [0.25, 0.3) is 0 Å². The van der Waals surface area contributed by atoms with E-state index in [2.05, 4.69) is 15.0 Å². The van der Waals surface area contributed by atoms with Crippen molar-refractivity contribution in [2.45, 2.75) is 31.2 Å². The molecule has 0 aliphatic heterocycles. The van der Waals surface area contributed by atoms with Crippen LogP contribution in [-0.2, 0) is 31.6 Å². The number of aryl methyl sites for hydroxylation is 1. The van der Waals surface area contributed by atoms with E-state index < -0.39 is 21.1 Å². The largest absolute Gasteiger partial charge is 0.501 e. The number of imidazole rings is 1. The topological polar surface area (TPSA) is 111 Å². The minimum atomic E-state index is -2.45. The van der Waals surface area contributed by atoms with E-state index in [-0.39, 0.29) is 27.9 Å². The van der Waals surface area contributed by atoms with E-state index in [0.717, 1.165) is 11.1 Å². The number of nitrogens with zero attached hydrogens (tertiary/aromatic N) is 2. The maximum absolute atomic E-state index is 12.8. The molecule has 0 saturated heterocycles. The summed E-state index contributed by atoms with van der Waals surface area (Å²) in [6.45, 7) is 3.75. The van der Waals surface area contributed by atoms with Crippen molar-refractivity contribution in [2.24, 2.45) is 0 Å². The first-order valence-corrected chi connectivity index (χ1v) is 10.4. The molecule has 2 heterocycles. The van der Waals surface area contributed by atoms with Crippen molar-refractivity contribution in [3.8, 4) is 5.75 Å². The number of rotatable bonds is 5. The molecule has 2 aromatic heterocycles. The number of nitrogens with one attached hydrogen (secondary N) is 1. The summed E-state index contributed by atoms with van der Waals surface area (Å²) in [5, 5.41) is 0.192. The van der Waals surface area contributed by atoms with Crippen molar-refractivity contribution in [1.82, 2.24) is 15.0 Å². The van der Waals surface area contributed by atoms with Crippen molar-refractivity contribution in [3.05, 3.63) is 40.2 Å². The summed E-state index contributed by atoms with van der Waals surface area (Å²) >= 11 is 0. The third kappa shape index (κ3) is 3.67. The molecule has 1 atom stereocenters. The van der Waals surface area contributed by atoms with E-state index in [1.54, 1.807) is 19.4 Å². The third-order valence-electron chi connectivity index (χ3n) is 4.31. The van der Waals surface area contributed by atoms with E-state index >= 15 is 0 Å². The molecule has 0 saturated carbocycles. The number of fused-ring (bicyclic) bond motifs is 1. The van der Waals surface area contributed by atoms with Crippen LogP contribution in [0.4, 0.5) is 0 Å². The first-order chi connectivity index (χ1) is 12.8. The normalized spacial score (nSPS) is 14.4. The van der Waals surface area contributed by atoms with Crippen LogP contribution in [0.3, 0.4) is 0 Å². The van der Waals surface area contributed by atoms with Crippen LogP contribution in [0.25, 0.3) is 6.08 Å². The number of aromatic nitrogens is 3. The van der Waals surface area contributed by atoms with Gasteiger partial charge in [-0.2, -0.15) is 8.42 Å². The lowest BCUT2D eigenvalue weighted by Crippen LogP contribution is -2.11. The highest BCUT2D eigenvalue weighted by Gasteiger charge is 2.25. The molecule has 2 aromatic rings. The predicted octanol–water partition coefficient (Wildman–Crippen LogP) is 1.53. The Labute approximate surface area is 160 Å². The highest BCUT2D eigenvalue weighted by Crippen LogP contribution is 2.27. The lowest BCUT2D eigenvalue weighted by molar-refractivity contribution is 0.291. The summed E-state index contributed by atoms with van der Waals surface area (Å²) in [7, 11) is -0.936. The molecule has 10 heteroatoms. The highest BCUT2D eigenvalue weighted by molar-refractivity contribution is 7.84. The Balaban J connectivity index is 1.97. The molecule has 144 valence electrons. The lowest BCUT2D eigenvalue weighted by atomic mass is 10.1. The molecular weight excluding hydrogens is 390 g/mol. The van der Waals surface area contributed by atoms with Gasteiger partial charge in [-0.15, -0.1) is 0 Å². The van der Waals surface area contributed by atoms with Crippen molar-refractivity contribution in [1.29, 1.82) is 0 Å². The monoisotopic (exact) mass is 409 g/mol. The maximum Gasteiger partial charge on any atom is 0.220 e. The Morgan fingerprint density at radius 1 is 1.19 bits per heavy atom. The van der Waals surface area contributed by atoms with Crippen LogP contribution in [0.1, 0.15) is 34.6 Å². The Morgan fingerprint density at radius 3 is 2.56 bits per heavy atom. The number of methoxy groups -OCH3 is 2. The molecule has 8 nitrogen and oxygen atoms in total. The first kappa shape index (κ1) is 19.3. The van der Waals surface area contributed by atoms with Crippen molar-refractivity contribution in [2.75, 3.05) is 14.2 Å². The molecule has 0 spiro atoms. The standard InChI is InChI=1S/C17H19N3O5S2/c1-9-7-18-13(10(2)16(9)25-4)8-26(21)17-19-12-5-11(24-3)6-14(27(22)23)15(12)20-17/h5,7H,6,8H2,1-4H3,(H,19,20)/t26-/m1/s1. The Kier molecular flexibility index (Phi) is 5.47. The number of allylic oxidation sites excluding steroid dienone is 1. The minimum absolute atomic E-state index is 0.107. The average molecular weight is 409 g/mol. The Bertz CT molecular complexity index is 1090. The van der Waals surface area contributed by atoms with Crippen LogP contribution >= 0.6 is 0 Å². The van der Waals surface area contributed by atoms with Gasteiger partial charge in [-0.05, 0) is 13.8 Å². The number of H-pyrrole nitrogens is 1. The molecular formula is C17H19N3O5S2. The zero-order chi connectivity index (χ0) is 19.7. The zero-order valence-electron chi connectivity index (χ0n) is 15.3. The van der Waals surface area contributed by atoms with Gasteiger partial charge in [0.2, 0.25) is 10.3 Å². The van der Waals surface area contributed by atoms with E-state index in [9.17, 15) is 12.6 Å². The van der Waals surface area contributed by atoms with Gasteiger partial charge in [-0.1, -0.05) is 0 Å². The van der Waals surface area contributed by atoms with E-state index in [4.69, 9.17) is 9.47 Å². The first-order valence-electron chi connectivity index (χ1n) is 8.03. The van der Waals surface area contributed by atoms with Gasteiger partial charge in [0, 0.05) is 29.8 Å². The zero-order valence-corrected chi connectivity index (χ0v) is 17.0. The summed E-state index contributed by atoms with van der Waals surface area (Å²) in [6.07, 6.45) is 3.45. The van der Waals surface area contributed by atoms with Crippen LogP contribution in [-0.4, -0.2) is 46.7 Å². The summed E-state index contributed by atoms with van der Waals surface area (Å²) in [5.41, 5.74) is 3.09. The van der Waals surface area contributed by atoms with Gasteiger partial charge in [-0.25, -0.2) is 4.98 Å². The molecule has 0 bridgehead atoms. The van der Waals surface area contributed by atoms with Gasteiger partial charge < -0.3 is 14.5 Å². The van der Waals surface area contributed by atoms with Gasteiger partial charge in [0.1, 0.15) is 22.1 Å². The Morgan fingerprint density at radius 2 is 1.93 bits per heavy atom. The van der Waals surface area contributed by atoms with Gasteiger partial charge >= 0.3 is 0 Å². The van der Waals surface area contributed by atoms with Crippen LogP contribution in [0.5, 0.6) is 5.75 Å². The molecule has 1 N–H and O–H groups in total.